The van der Waals surface area contributed by atoms with Gasteiger partial charge in [-0.05, 0) is 111 Å². The fourth-order valence-electron chi connectivity index (χ4n) is 10.9. The first-order chi connectivity index (χ1) is 33.2. The first-order valence-electron chi connectivity index (χ1n) is 25.1. The van der Waals surface area contributed by atoms with Crippen molar-refractivity contribution in [3.63, 3.8) is 0 Å². The van der Waals surface area contributed by atoms with Crippen LogP contribution >= 0.6 is 23.5 Å². The van der Waals surface area contributed by atoms with E-state index >= 15 is 0 Å². The maximum Gasteiger partial charge on any atom is 0.307 e. The summed E-state index contributed by atoms with van der Waals surface area (Å²) in [5.41, 5.74) is 3.51. The van der Waals surface area contributed by atoms with Crippen molar-refractivity contribution >= 4 is 58.9 Å². The number of carboxylic acids is 2. The number of aliphatic carboxylic acids is 2. The van der Waals surface area contributed by atoms with Crippen LogP contribution in [0.1, 0.15) is 122 Å². The van der Waals surface area contributed by atoms with Crippen molar-refractivity contribution in [1.29, 1.82) is 0 Å². The molecule has 2 aromatic carbocycles. The normalized spacial score (nSPS) is 20.3. The van der Waals surface area contributed by atoms with Gasteiger partial charge in [-0.1, -0.05) is 99.2 Å². The Morgan fingerprint density at radius 2 is 0.926 bits per heavy atom. The summed E-state index contributed by atoms with van der Waals surface area (Å²) in [6.07, 6.45) is 14.9. The van der Waals surface area contributed by atoms with Gasteiger partial charge in [-0.3, -0.25) is 19.2 Å². The average molecular weight is 961 g/mol. The summed E-state index contributed by atoms with van der Waals surface area (Å²) in [6.45, 7) is 2.00. The maximum atomic E-state index is 13.8. The lowest BCUT2D eigenvalue weighted by atomic mass is 9.70. The van der Waals surface area contributed by atoms with Gasteiger partial charge in [-0.2, -0.15) is 0 Å². The molecule has 362 valence electrons. The number of carboxylic acid groups (broad SMARTS) is 2. The lowest BCUT2D eigenvalue weighted by molar-refractivity contribution is -0.159. The Kier molecular flexibility index (Phi) is 17.8. The Labute approximate surface area is 410 Å². The van der Waals surface area contributed by atoms with E-state index in [1.807, 2.05) is 60.7 Å². The van der Waals surface area contributed by atoms with E-state index in [-0.39, 0.29) is 23.9 Å². The summed E-state index contributed by atoms with van der Waals surface area (Å²) in [5.74, 6) is -2.72. The third kappa shape index (κ3) is 13.2. The number of hydrogen-bond donors (Lipinski definition) is 4. The number of rotatable bonds is 19. The van der Waals surface area contributed by atoms with Crippen molar-refractivity contribution in [3.8, 4) is 0 Å². The van der Waals surface area contributed by atoms with E-state index in [9.17, 15) is 29.4 Å². The van der Waals surface area contributed by atoms with E-state index in [1.54, 1.807) is 23.5 Å². The standard InChI is InChI=1S/C54H68N6O6S2/c61-49(55-41-21-9-3-10-22-41)43-25-27-45(57-51(43)67-33-29-37-15-5-1-6-16-37)59-31-13-19-39(35-59)47(53(63)64)48(54(65)66)40-20-14-32-60(36-40)46-28-26-44(50(62)56-42-23-11-4-12-24-42)52(58-46)68-34-30-38-17-7-2-8-18-38/h1-2,5-8,15-18,25-28,39-42,47-48H,3-4,9-14,19-24,29-36H2,(H,55,61)(H,56,62)(H,63,64)(H,65,66). The molecule has 4 aliphatic rings. The number of anilines is 2. The highest BCUT2D eigenvalue weighted by atomic mass is 32.2. The Morgan fingerprint density at radius 1 is 0.529 bits per heavy atom. The van der Waals surface area contributed by atoms with Crippen molar-refractivity contribution < 1.29 is 29.4 Å². The van der Waals surface area contributed by atoms with Crippen LogP contribution in [0.2, 0.25) is 0 Å². The third-order valence-corrected chi connectivity index (χ3v) is 16.5. The molecule has 4 fully saturated rings. The minimum atomic E-state index is -1.12. The highest BCUT2D eigenvalue weighted by Gasteiger charge is 2.46. The number of aryl methyl sites for hydroxylation is 2. The molecule has 2 amide bonds. The fourth-order valence-corrected chi connectivity index (χ4v) is 13.0. The molecule has 4 aromatic rings. The molecule has 12 nitrogen and oxygen atoms in total. The van der Waals surface area contributed by atoms with E-state index in [1.165, 1.54) is 24.0 Å². The largest absolute Gasteiger partial charge is 0.481 e. The van der Waals surface area contributed by atoms with Gasteiger partial charge in [0, 0.05) is 49.8 Å². The van der Waals surface area contributed by atoms with Crippen molar-refractivity contribution in [2.45, 2.75) is 125 Å². The van der Waals surface area contributed by atoms with Gasteiger partial charge in [-0.15, -0.1) is 23.5 Å². The number of nitrogens with zero attached hydrogens (tertiary/aromatic N) is 4. The van der Waals surface area contributed by atoms with Crippen LogP contribution in [-0.2, 0) is 22.4 Å². The number of hydrogen-bond acceptors (Lipinski definition) is 10. The van der Waals surface area contributed by atoms with E-state index < -0.39 is 35.6 Å². The number of aromatic nitrogens is 2. The van der Waals surface area contributed by atoms with Crippen molar-refractivity contribution in [2.24, 2.45) is 23.7 Å². The van der Waals surface area contributed by atoms with Crippen LogP contribution < -0.4 is 20.4 Å². The predicted molar refractivity (Wildman–Crippen MR) is 271 cm³/mol. The van der Waals surface area contributed by atoms with Gasteiger partial charge in [-0.25, -0.2) is 9.97 Å². The number of thioether (sulfide) groups is 2. The van der Waals surface area contributed by atoms with E-state index in [0.717, 1.165) is 75.7 Å². The van der Waals surface area contributed by atoms with Gasteiger partial charge in [0.1, 0.15) is 21.7 Å². The van der Waals surface area contributed by atoms with Gasteiger partial charge < -0.3 is 30.6 Å². The zero-order chi connectivity index (χ0) is 47.2. The highest BCUT2D eigenvalue weighted by molar-refractivity contribution is 7.99. The van der Waals surface area contributed by atoms with Crippen LogP contribution in [0.25, 0.3) is 0 Å². The van der Waals surface area contributed by atoms with Crippen molar-refractivity contribution in [2.75, 3.05) is 47.5 Å². The quantitative estimate of drug-likeness (QED) is 0.0659. The molecule has 2 aliphatic carbocycles. The van der Waals surface area contributed by atoms with E-state index in [4.69, 9.17) is 9.97 Å². The SMILES string of the molecule is O=C(NC1CCCCC1)c1ccc(N2CCCC(C(C(=O)O)C(C(=O)O)C3CCCN(c4ccc(C(=O)NC5CCCCC5)c(SCCc5ccccc5)n4)C3)C2)nc1SCCc1ccccc1. The second-order valence-electron chi connectivity index (χ2n) is 19.3. The Bertz CT molecular complexity index is 2150. The molecular weight excluding hydrogens is 893 g/mol. The monoisotopic (exact) mass is 960 g/mol. The molecule has 8 rings (SSSR count). The van der Waals surface area contributed by atoms with Crippen LogP contribution in [-0.4, -0.2) is 93.7 Å². The van der Waals surface area contributed by atoms with Crippen LogP contribution in [0.3, 0.4) is 0 Å². The molecule has 0 spiro atoms. The summed E-state index contributed by atoms with van der Waals surface area (Å²) in [6, 6.07) is 28.3. The minimum absolute atomic E-state index is 0.115. The molecule has 4 N–H and O–H groups in total. The number of carbonyl (C=O) groups is 4. The van der Waals surface area contributed by atoms with Crippen LogP contribution in [0, 0.1) is 23.7 Å². The van der Waals surface area contributed by atoms with Gasteiger partial charge in [0.05, 0.1) is 23.0 Å². The molecular formula is C54H68N6O6S2. The summed E-state index contributed by atoms with van der Waals surface area (Å²) < 4.78 is 0. The Hall–Kier alpha value is -5.08. The smallest absolute Gasteiger partial charge is 0.307 e. The average Bonchev–Trinajstić information content (AvgIpc) is 3.36. The maximum absolute atomic E-state index is 13.8. The van der Waals surface area contributed by atoms with Gasteiger partial charge >= 0.3 is 11.9 Å². The Balaban J connectivity index is 0.988. The Morgan fingerprint density at radius 3 is 1.31 bits per heavy atom. The number of amides is 2. The lowest BCUT2D eigenvalue weighted by Gasteiger charge is -2.42. The zero-order valence-corrected chi connectivity index (χ0v) is 40.9. The molecule has 68 heavy (non-hydrogen) atoms. The highest BCUT2D eigenvalue weighted by Crippen LogP contribution is 2.40. The second kappa shape index (κ2) is 24.5. The summed E-state index contributed by atoms with van der Waals surface area (Å²) in [4.78, 5) is 68.8. The molecule has 0 radical (unpaired) electrons. The fraction of sp³-hybridized carbons (Fsp3) is 0.519. The first-order valence-corrected chi connectivity index (χ1v) is 27.1. The van der Waals surface area contributed by atoms with Crippen LogP contribution in [0.4, 0.5) is 11.6 Å². The van der Waals surface area contributed by atoms with E-state index in [0.29, 0.717) is 84.7 Å². The van der Waals surface area contributed by atoms with E-state index in [2.05, 4.69) is 44.7 Å². The number of pyridine rings is 2. The number of benzene rings is 2. The molecule has 14 heteroatoms. The molecule has 4 unspecified atom stereocenters. The van der Waals surface area contributed by atoms with Gasteiger partial charge in [0.15, 0.2) is 0 Å². The van der Waals surface area contributed by atoms with Crippen molar-refractivity contribution in [3.05, 3.63) is 107 Å². The van der Waals surface area contributed by atoms with Gasteiger partial charge in [0.2, 0.25) is 0 Å². The number of carbonyl (C=O) groups excluding carboxylic acids is 2. The van der Waals surface area contributed by atoms with Crippen LogP contribution in [0.15, 0.2) is 95.0 Å². The minimum Gasteiger partial charge on any atom is -0.481 e. The third-order valence-electron chi connectivity index (χ3n) is 14.5. The lowest BCUT2D eigenvalue weighted by Crippen LogP contribution is -2.50. The number of piperidine rings is 2. The van der Waals surface area contributed by atoms with Crippen molar-refractivity contribution in [1.82, 2.24) is 20.6 Å². The second-order valence-corrected chi connectivity index (χ2v) is 21.4. The molecule has 2 aliphatic heterocycles. The summed E-state index contributed by atoms with van der Waals surface area (Å²) in [7, 11) is 0. The predicted octanol–water partition coefficient (Wildman–Crippen LogP) is 9.81. The summed E-state index contributed by atoms with van der Waals surface area (Å²) >= 11 is 3.12. The topological polar surface area (TPSA) is 165 Å². The summed E-state index contributed by atoms with van der Waals surface area (Å²) in [5, 5.41) is 29.8. The number of nitrogens with one attached hydrogen (secondary N) is 2. The molecule has 2 saturated heterocycles. The molecule has 4 atom stereocenters. The molecule has 4 heterocycles. The molecule has 2 aromatic heterocycles. The van der Waals surface area contributed by atoms with Crippen LogP contribution in [0.5, 0.6) is 0 Å². The first kappa shape index (κ1) is 49.3. The van der Waals surface area contributed by atoms with Gasteiger partial charge in [0.25, 0.3) is 11.8 Å². The molecule has 2 saturated carbocycles. The molecule has 0 bridgehead atoms. The zero-order valence-electron chi connectivity index (χ0n) is 39.2.